The van der Waals surface area contributed by atoms with Crippen LogP contribution in [0.4, 0.5) is 0 Å². The van der Waals surface area contributed by atoms with Crippen molar-refractivity contribution in [2.75, 3.05) is 27.9 Å². The summed E-state index contributed by atoms with van der Waals surface area (Å²) >= 11 is 1.25. The molecule has 0 unspecified atom stereocenters. The zero-order chi connectivity index (χ0) is 27.7. The summed E-state index contributed by atoms with van der Waals surface area (Å²) < 4.78 is 24.2. The predicted octanol–water partition coefficient (Wildman–Crippen LogP) is 3.98. The number of carbonyl (C=O) groups excluding carboxylic acids is 1. The van der Waals surface area contributed by atoms with Gasteiger partial charge in [0, 0.05) is 11.1 Å². The quantitative estimate of drug-likeness (QED) is 0.327. The number of esters is 1. The van der Waals surface area contributed by atoms with E-state index in [4.69, 9.17) is 18.9 Å². The van der Waals surface area contributed by atoms with E-state index in [1.807, 2.05) is 42.5 Å². The van der Waals surface area contributed by atoms with Crippen molar-refractivity contribution in [1.82, 2.24) is 4.57 Å². The molecule has 1 aliphatic heterocycles. The number of rotatable bonds is 7. The fraction of sp³-hybridized carbons (Fsp3) is 0.233. The Morgan fingerprint density at radius 3 is 2.49 bits per heavy atom. The SMILES string of the molecule is CCOC(=O)C1=C(C)N=c2s/c(=C\c3c(OC)ccc4ccccc34)c(=O)n2[C@@H]1c1cc(OC)ccc1OC. The topological polar surface area (TPSA) is 88.4 Å². The fourth-order valence-corrected chi connectivity index (χ4v) is 5.90. The minimum absolute atomic E-state index is 0.183. The van der Waals surface area contributed by atoms with Crippen LogP contribution < -0.4 is 29.1 Å². The molecule has 0 saturated heterocycles. The Bertz CT molecular complexity index is 1800. The van der Waals surface area contributed by atoms with Crippen molar-refractivity contribution in [2.24, 2.45) is 4.99 Å². The highest BCUT2D eigenvalue weighted by Crippen LogP contribution is 2.38. The molecule has 8 nitrogen and oxygen atoms in total. The van der Waals surface area contributed by atoms with Crippen LogP contribution in [0.25, 0.3) is 16.8 Å². The molecule has 4 aromatic rings. The van der Waals surface area contributed by atoms with E-state index in [0.29, 0.717) is 37.8 Å². The third kappa shape index (κ3) is 4.59. The number of hydrogen-bond acceptors (Lipinski definition) is 8. The number of methoxy groups -OCH3 is 3. The number of nitrogens with zero attached hydrogens (tertiary/aromatic N) is 2. The summed E-state index contributed by atoms with van der Waals surface area (Å²) in [5.74, 6) is 1.17. The fourth-order valence-electron chi connectivity index (χ4n) is 4.87. The molecule has 0 aliphatic carbocycles. The molecule has 1 aliphatic rings. The van der Waals surface area contributed by atoms with Crippen LogP contribution in [0.1, 0.15) is 31.0 Å². The maximum Gasteiger partial charge on any atom is 0.338 e. The van der Waals surface area contributed by atoms with Crippen molar-refractivity contribution >= 4 is 34.2 Å². The lowest BCUT2D eigenvalue weighted by Gasteiger charge is -2.26. The Morgan fingerprint density at radius 1 is 1.03 bits per heavy atom. The molecule has 0 N–H and O–H groups in total. The molecule has 0 radical (unpaired) electrons. The Labute approximate surface area is 229 Å². The second kappa shape index (κ2) is 10.8. The van der Waals surface area contributed by atoms with Crippen LogP contribution >= 0.6 is 11.3 Å². The van der Waals surface area contributed by atoms with Gasteiger partial charge in [-0.2, -0.15) is 0 Å². The van der Waals surface area contributed by atoms with Crippen LogP contribution in [0.5, 0.6) is 17.2 Å². The summed E-state index contributed by atoms with van der Waals surface area (Å²) in [5.41, 5.74) is 1.82. The van der Waals surface area contributed by atoms with Gasteiger partial charge in [-0.15, -0.1) is 0 Å². The van der Waals surface area contributed by atoms with Crippen LogP contribution in [0.3, 0.4) is 0 Å². The highest BCUT2D eigenvalue weighted by atomic mass is 32.1. The van der Waals surface area contributed by atoms with Gasteiger partial charge in [0.1, 0.15) is 23.3 Å². The Hall–Kier alpha value is -4.37. The van der Waals surface area contributed by atoms with E-state index in [9.17, 15) is 9.59 Å². The van der Waals surface area contributed by atoms with Gasteiger partial charge in [0.25, 0.3) is 5.56 Å². The largest absolute Gasteiger partial charge is 0.497 e. The van der Waals surface area contributed by atoms with Gasteiger partial charge in [0.05, 0.1) is 43.7 Å². The normalized spacial score (nSPS) is 15.1. The number of fused-ring (bicyclic) bond motifs is 2. The Balaban J connectivity index is 1.82. The lowest BCUT2D eigenvalue weighted by atomic mass is 9.94. The minimum Gasteiger partial charge on any atom is -0.497 e. The summed E-state index contributed by atoms with van der Waals surface area (Å²) in [5, 5.41) is 1.98. The molecule has 200 valence electrons. The number of benzene rings is 3. The van der Waals surface area contributed by atoms with E-state index in [1.54, 1.807) is 53.4 Å². The van der Waals surface area contributed by atoms with Crippen molar-refractivity contribution in [1.29, 1.82) is 0 Å². The van der Waals surface area contributed by atoms with Gasteiger partial charge in [0.15, 0.2) is 4.80 Å². The molecule has 2 heterocycles. The van der Waals surface area contributed by atoms with Gasteiger partial charge < -0.3 is 18.9 Å². The molecule has 0 bridgehead atoms. The standard InChI is InChI=1S/C30H28N2O6S/c1-6-38-29(34)26-17(2)31-30-32(27(26)22-15-19(35-3)12-14-24(22)37-5)28(33)25(39-30)16-21-20-10-8-7-9-18(20)11-13-23(21)36-4/h7-16,27H,6H2,1-5H3/b25-16-/t27-/m1/s1. The summed E-state index contributed by atoms with van der Waals surface area (Å²) in [6.07, 6.45) is 1.83. The number of aromatic nitrogens is 1. The van der Waals surface area contributed by atoms with Crippen molar-refractivity contribution in [3.8, 4) is 17.2 Å². The molecule has 0 fully saturated rings. The van der Waals surface area contributed by atoms with Crippen molar-refractivity contribution in [3.05, 3.63) is 96.7 Å². The second-order valence-electron chi connectivity index (χ2n) is 8.81. The van der Waals surface area contributed by atoms with Crippen LogP contribution in [0.2, 0.25) is 0 Å². The molecule has 1 atom stereocenters. The van der Waals surface area contributed by atoms with Crippen LogP contribution in [0, 0.1) is 0 Å². The molecule has 9 heteroatoms. The number of ether oxygens (including phenoxy) is 4. The van der Waals surface area contributed by atoms with Gasteiger partial charge in [-0.1, -0.05) is 41.7 Å². The van der Waals surface area contributed by atoms with Crippen molar-refractivity contribution < 1.29 is 23.7 Å². The zero-order valence-corrected chi connectivity index (χ0v) is 23.1. The Kier molecular flexibility index (Phi) is 7.26. The van der Waals surface area contributed by atoms with E-state index >= 15 is 0 Å². The Morgan fingerprint density at radius 2 is 1.77 bits per heavy atom. The first-order valence-electron chi connectivity index (χ1n) is 12.4. The first-order chi connectivity index (χ1) is 18.9. The van der Waals surface area contributed by atoms with Crippen LogP contribution in [-0.4, -0.2) is 38.5 Å². The molecule has 0 amide bonds. The van der Waals surface area contributed by atoms with Crippen LogP contribution in [-0.2, 0) is 9.53 Å². The monoisotopic (exact) mass is 544 g/mol. The van der Waals surface area contributed by atoms with Crippen molar-refractivity contribution in [2.45, 2.75) is 19.9 Å². The third-order valence-corrected chi connectivity index (χ3v) is 7.66. The average molecular weight is 545 g/mol. The number of thiazole rings is 1. The maximum atomic E-state index is 14.1. The second-order valence-corrected chi connectivity index (χ2v) is 9.82. The van der Waals surface area contributed by atoms with E-state index in [1.165, 1.54) is 15.9 Å². The van der Waals surface area contributed by atoms with E-state index in [2.05, 4.69) is 4.99 Å². The molecular formula is C30H28N2O6S. The molecule has 3 aromatic carbocycles. The predicted molar refractivity (Wildman–Crippen MR) is 150 cm³/mol. The van der Waals surface area contributed by atoms with E-state index < -0.39 is 12.0 Å². The molecule has 5 rings (SSSR count). The van der Waals surface area contributed by atoms with Gasteiger partial charge in [-0.05, 0) is 55.0 Å². The molecule has 0 spiro atoms. The number of allylic oxidation sites excluding steroid dienone is 1. The lowest BCUT2D eigenvalue weighted by Crippen LogP contribution is -2.40. The highest BCUT2D eigenvalue weighted by molar-refractivity contribution is 7.07. The third-order valence-electron chi connectivity index (χ3n) is 6.67. The van der Waals surface area contributed by atoms with Crippen molar-refractivity contribution in [3.63, 3.8) is 0 Å². The number of carbonyl (C=O) groups is 1. The van der Waals surface area contributed by atoms with Crippen LogP contribution in [0.15, 0.2) is 75.7 Å². The molecule has 39 heavy (non-hydrogen) atoms. The lowest BCUT2D eigenvalue weighted by molar-refractivity contribution is -0.139. The summed E-state index contributed by atoms with van der Waals surface area (Å²) in [6.45, 7) is 3.67. The summed E-state index contributed by atoms with van der Waals surface area (Å²) in [7, 11) is 4.71. The average Bonchev–Trinajstić information content (AvgIpc) is 3.26. The van der Waals surface area contributed by atoms with E-state index in [-0.39, 0.29) is 17.7 Å². The minimum atomic E-state index is -0.832. The highest BCUT2D eigenvalue weighted by Gasteiger charge is 2.35. The smallest absolute Gasteiger partial charge is 0.338 e. The first-order valence-corrected chi connectivity index (χ1v) is 13.2. The summed E-state index contributed by atoms with van der Waals surface area (Å²) in [6, 6.07) is 16.2. The van der Waals surface area contributed by atoms with Gasteiger partial charge in [0.2, 0.25) is 0 Å². The molecule has 1 aromatic heterocycles. The van der Waals surface area contributed by atoms with Gasteiger partial charge in [-0.3, -0.25) is 9.36 Å². The van der Waals surface area contributed by atoms with Gasteiger partial charge in [-0.25, -0.2) is 9.79 Å². The molecular weight excluding hydrogens is 516 g/mol. The van der Waals surface area contributed by atoms with E-state index in [0.717, 1.165) is 16.3 Å². The first kappa shape index (κ1) is 26.2. The number of hydrogen-bond donors (Lipinski definition) is 0. The zero-order valence-electron chi connectivity index (χ0n) is 22.3. The molecule has 0 saturated carbocycles. The maximum absolute atomic E-state index is 14.1. The summed E-state index contributed by atoms with van der Waals surface area (Å²) in [4.78, 5) is 32.5. The van der Waals surface area contributed by atoms with Gasteiger partial charge >= 0.3 is 5.97 Å².